The summed E-state index contributed by atoms with van der Waals surface area (Å²) in [5, 5.41) is 21.7. The molecule has 0 bridgehead atoms. The van der Waals surface area contributed by atoms with E-state index in [9.17, 15) is 34.2 Å². The Hall–Kier alpha value is -2.99. The van der Waals surface area contributed by atoms with E-state index in [2.05, 4.69) is 10.3 Å². The smallest absolute Gasteiger partial charge is 0.328 e. The van der Waals surface area contributed by atoms with Crippen LogP contribution in [0.3, 0.4) is 0 Å². The molecule has 30 heavy (non-hydrogen) atoms. The average Bonchev–Trinajstić information content (AvgIpc) is 2.90. The Kier molecular flexibility index (Phi) is 6.37. The molecule has 0 spiro atoms. The minimum atomic E-state index is -1.19. The molecule has 0 radical (unpaired) electrons. The summed E-state index contributed by atoms with van der Waals surface area (Å²) in [6.45, 7) is 1.98. The molecule has 1 aromatic heterocycles. The van der Waals surface area contributed by atoms with Crippen molar-refractivity contribution in [2.75, 3.05) is 19.7 Å². The van der Waals surface area contributed by atoms with Crippen molar-refractivity contribution in [2.45, 2.75) is 38.0 Å². The molecule has 2 saturated heterocycles. The van der Waals surface area contributed by atoms with Gasteiger partial charge in [-0.3, -0.25) is 28.7 Å². The Morgan fingerprint density at radius 3 is 2.33 bits per heavy atom. The number of carboxylic acids is 2. The molecular weight excluding hydrogens is 402 g/mol. The molecule has 2 aliphatic heterocycles. The Bertz CT molecular complexity index is 949. The number of aliphatic carboxylic acids is 2. The van der Waals surface area contributed by atoms with Crippen LogP contribution >= 0.6 is 0 Å². The highest BCUT2D eigenvalue weighted by Gasteiger charge is 2.48. The number of H-pyrrole nitrogens is 1. The zero-order valence-corrected chi connectivity index (χ0v) is 16.2. The van der Waals surface area contributed by atoms with Gasteiger partial charge in [0, 0.05) is 38.0 Å². The second kappa shape index (κ2) is 8.79. The van der Waals surface area contributed by atoms with Gasteiger partial charge in [-0.25, -0.2) is 4.79 Å². The molecule has 164 valence electrons. The van der Waals surface area contributed by atoms with Crippen LogP contribution in [-0.2, 0) is 23.9 Å². The summed E-state index contributed by atoms with van der Waals surface area (Å²) in [6.07, 6.45) is -1.52. The van der Waals surface area contributed by atoms with E-state index in [4.69, 9.17) is 9.47 Å². The molecule has 2 fully saturated rings. The number of hydrogen-bond donors (Lipinski definition) is 4. The van der Waals surface area contributed by atoms with Gasteiger partial charge >= 0.3 is 23.6 Å². The average molecular weight is 425 g/mol. The summed E-state index contributed by atoms with van der Waals surface area (Å²) >= 11 is 0. The van der Waals surface area contributed by atoms with Gasteiger partial charge in [-0.05, 0) is 0 Å². The molecule has 0 amide bonds. The lowest BCUT2D eigenvalue weighted by Crippen LogP contribution is -2.48. The van der Waals surface area contributed by atoms with E-state index in [0.29, 0.717) is 13.1 Å². The highest BCUT2D eigenvalue weighted by atomic mass is 16.6. The normalized spacial score (nSPS) is 26.2. The standard InChI is InChI=1S/C18H23N3O9/c1-8(22)29-7-13-10(2-14(23)24)11(3-15(25)26)16(30-13)12-6-21(9-4-19-5-9)18(28)20-17(12)27/h6,9-11,13,16,19H,2-5,7H2,1H3,(H,23,24)(H,25,26)(H,20,27,28)/t10-,11+,13+,16+/m1/s1. The van der Waals surface area contributed by atoms with Gasteiger partial charge < -0.3 is 25.0 Å². The minimum absolute atomic E-state index is 0.0356. The predicted molar refractivity (Wildman–Crippen MR) is 99.0 cm³/mol. The van der Waals surface area contributed by atoms with Crippen LogP contribution in [0.4, 0.5) is 0 Å². The third-order valence-electron chi connectivity index (χ3n) is 5.46. The Morgan fingerprint density at radius 2 is 1.80 bits per heavy atom. The first kappa shape index (κ1) is 21.7. The number of rotatable bonds is 8. The molecule has 1 aromatic rings. The second-order valence-electron chi connectivity index (χ2n) is 7.48. The van der Waals surface area contributed by atoms with Crippen LogP contribution in [-0.4, -0.2) is 63.5 Å². The van der Waals surface area contributed by atoms with Crippen LogP contribution < -0.4 is 16.6 Å². The maximum atomic E-state index is 12.5. The largest absolute Gasteiger partial charge is 0.481 e. The third kappa shape index (κ3) is 4.60. The van der Waals surface area contributed by atoms with E-state index >= 15 is 0 Å². The van der Waals surface area contributed by atoms with Gasteiger partial charge in [0.15, 0.2) is 0 Å². The first-order chi connectivity index (χ1) is 14.2. The monoisotopic (exact) mass is 425 g/mol. The zero-order valence-electron chi connectivity index (χ0n) is 16.2. The van der Waals surface area contributed by atoms with Gasteiger partial charge in [-0.1, -0.05) is 0 Å². The van der Waals surface area contributed by atoms with Crippen LogP contribution in [0.15, 0.2) is 15.8 Å². The number of nitrogens with zero attached hydrogens (tertiary/aromatic N) is 1. The van der Waals surface area contributed by atoms with Crippen molar-refractivity contribution < 1.29 is 34.1 Å². The number of carboxylic acid groups (broad SMARTS) is 2. The Labute approximate surface area is 169 Å². The van der Waals surface area contributed by atoms with Crippen molar-refractivity contribution in [3.63, 3.8) is 0 Å². The number of aromatic amines is 1. The maximum absolute atomic E-state index is 12.5. The molecule has 4 N–H and O–H groups in total. The predicted octanol–water partition coefficient (Wildman–Crippen LogP) is -1.13. The fourth-order valence-corrected chi connectivity index (χ4v) is 3.95. The quantitative estimate of drug-likeness (QED) is 0.372. The lowest BCUT2D eigenvalue weighted by Gasteiger charge is -2.29. The summed E-state index contributed by atoms with van der Waals surface area (Å²) < 4.78 is 12.2. The fourth-order valence-electron chi connectivity index (χ4n) is 3.95. The zero-order chi connectivity index (χ0) is 22.0. The lowest BCUT2D eigenvalue weighted by molar-refractivity contribution is -0.146. The van der Waals surface area contributed by atoms with E-state index in [-0.39, 0.29) is 18.2 Å². The van der Waals surface area contributed by atoms with Gasteiger partial charge in [-0.15, -0.1) is 0 Å². The first-order valence-corrected chi connectivity index (χ1v) is 9.45. The second-order valence-corrected chi connectivity index (χ2v) is 7.48. The number of nitrogens with one attached hydrogen (secondary N) is 2. The summed E-state index contributed by atoms with van der Waals surface area (Å²) in [5.41, 5.74) is -1.29. The summed E-state index contributed by atoms with van der Waals surface area (Å²) in [6, 6.07) is -0.168. The van der Waals surface area contributed by atoms with Crippen LogP contribution in [0.2, 0.25) is 0 Å². The van der Waals surface area contributed by atoms with Crippen molar-refractivity contribution in [3.8, 4) is 0 Å². The van der Waals surface area contributed by atoms with Gasteiger partial charge in [0.25, 0.3) is 5.56 Å². The molecule has 0 aliphatic carbocycles. The van der Waals surface area contributed by atoms with Gasteiger partial charge in [0.2, 0.25) is 0 Å². The van der Waals surface area contributed by atoms with Crippen molar-refractivity contribution in [2.24, 2.45) is 11.8 Å². The Balaban J connectivity index is 2.01. The maximum Gasteiger partial charge on any atom is 0.328 e. The molecule has 0 saturated carbocycles. The molecule has 12 heteroatoms. The minimum Gasteiger partial charge on any atom is -0.481 e. The third-order valence-corrected chi connectivity index (χ3v) is 5.46. The molecule has 0 aromatic carbocycles. The van der Waals surface area contributed by atoms with Crippen molar-refractivity contribution in [3.05, 3.63) is 32.6 Å². The molecule has 3 heterocycles. The highest BCUT2D eigenvalue weighted by Crippen LogP contribution is 2.45. The van der Waals surface area contributed by atoms with Crippen molar-refractivity contribution in [1.82, 2.24) is 14.9 Å². The van der Waals surface area contributed by atoms with E-state index < -0.39 is 66.0 Å². The molecule has 0 unspecified atom stereocenters. The van der Waals surface area contributed by atoms with Crippen molar-refractivity contribution in [1.29, 1.82) is 0 Å². The van der Waals surface area contributed by atoms with Gasteiger partial charge in [-0.2, -0.15) is 0 Å². The molecule has 3 rings (SSSR count). The number of carbonyl (C=O) groups excluding carboxylic acids is 1. The lowest BCUT2D eigenvalue weighted by atomic mass is 9.81. The van der Waals surface area contributed by atoms with Gasteiger partial charge in [0.1, 0.15) is 6.61 Å². The van der Waals surface area contributed by atoms with Crippen LogP contribution in [0, 0.1) is 11.8 Å². The number of hydrogen-bond acceptors (Lipinski definition) is 8. The Morgan fingerprint density at radius 1 is 1.17 bits per heavy atom. The van der Waals surface area contributed by atoms with E-state index in [0.717, 1.165) is 0 Å². The highest BCUT2D eigenvalue weighted by molar-refractivity contribution is 5.69. The van der Waals surface area contributed by atoms with E-state index in [1.807, 2.05) is 0 Å². The molecular formula is C18H23N3O9. The van der Waals surface area contributed by atoms with E-state index in [1.54, 1.807) is 0 Å². The van der Waals surface area contributed by atoms with Crippen LogP contribution in [0.25, 0.3) is 0 Å². The van der Waals surface area contributed by atoms with Gasteiger partial charge in [0.05, 0.1) is 36.7 Å². The number of ether oxygens (including phenoxy) is 2. The molecule has 12 nitrogen and oxygen atoms in total. The summed E-state index contributed by atoms with van der Waals surface area (Å²) in [4.78, 5) is 61.0. The first-order valence-electron chi connectivity index (χ1n) is 9.45. The van der Waals surface area contributed by atoms with Crippen molar-refractivity contribution >= 4 is 17.9 Å². The molecule has 4 atom stereocenters. The topological polar surface area (TPSA) is 177 Å². The summed E-state index contributed by atoms with van der Waals surface area (Å²) in [5.74, 6) is -4.65. The molecule has 2 aliphatic rings. The summed E-state index contributed by atoms with van der Waals surface area (Å²) in [7, 11) is 0. The number of esters is 1. The van der Waals surface area contributed by atoms with Crippen LogP contribution in [0.1, 0.15) is 37.5 Å². The fraction of sp³-hybridized carbons (Fsp3) is 0.611. The number of aromatic nitrogens is 2. The SMILES string of the molecule is CC(=O)OC[C@@H]1O[C@H](c2cn(C3CNC3)c(=O)[nH]c2=O)[C@@H](CC(=O)O)[C@H]1CC(=O)O. The van der Waals surface area contributed by atoms with E-state index in [1.165, 1.54) is 17.7 Å². The number of carbonyl (C=O) groups is 3. The van der Waals surface area contributed by atoms with Crippen LogP contribution in [0.5, 0.6) is 0 Å².